The molecule has 1 amide bonds. The van der Waals surface area contributed by atoms with Crippen LogP contribution in [-0.4, -0.2) is 37.8 Å². The molecule has 1 atom stereocenters. The zero-order valence-electron chi connectivity index (χ0n) is 16.0. The van der Waals surface area contributed by atoms with Crippen LogP contribution in [0, 0.1) is 0 Å². The van der Waals surface area contributed by atoms with E-state index in [1.807, 2.05) is 18.4 Å². The average molecular weight is 406 g/mol. The van der Waals surface area contributed by atoms with Crippen molar-refractivity contribution in [2.24, 2.45) is 0 Å². The molecule has 3 rings (SSSR count). The molecule has 0 aliphatic carbocycles. The van der Waals surface area contributed by atoms with Gasteiger partial charge < -0.3 is 15.0 Å². The Morgan fingerprint density at radius 1 is 1.26 bits per heavy atom. The van der Waals surface area contributed by atoms with Crippen LogP contribution in [0.5, 0.6) is 0 Å². The first kappa shape index (κ1) is 19.9. The molecule has 2 heterocycles. The highest BCUT2D eigenvalue weighted by atomic mass is 32.2. The molecular weight excluding hydrogens is 380 g/mol. The first-order valence-electron chi connectivity index (χ1n) is 8.97. The number of methoxy groups -OCH3 is 1. The van der Waals surface area contributed by atoms with Gasteiger partial charge in [0.1, 0.15) is 11.5 Å². The van der Waals surface area contributed by atoms with Gasteiger partial charge in [0.2, 0.25) is 0 Å². The number of esters is 1. The van der Waals surface area contributed by atoms with Crippen molar-refractivity contribution in [2.45, 2.75) is 37.8 Å². The van der Waals surface area contributed by atoms with Crippen LogP contribution >= 0.6 is 23.1 Å². The highest BCUT2D eigenvalue weighted by Crippen LogP contribution is 2.35. The largest absolute Gasteiger partial charge is 0.465 e. The predicted octanol–water partition coefficient (Wildman–Crippen LogP) is 2.86. The molecule has 1 aliphatic heterocycles. The molecule has 1 unspecified atom stereocenters. The van der Waals surface area contributed by atoms with Crippen molar-refractivity contribution < 1.29 is 19.2 Å². The summed E-state index contributed by atoms with van der Waals surface area (Å²) in [6, 6.07) is 7.97. The summed E-state index contributed by atoms with van der Waals surface area (Å²) in [4.78, 5) is 28.9. The molecule has 0 radical (unpaired) electrons. The number of nitrogens with one attached hydrogen (secondary N) is 2. The second-order valence-corrected chi connectivity index (χ2v) is 8.86. The van der Waals surface area contributed by atoms with E-state index in [0.29, 0.717) is 22.2 Å². The fourth-order valence-electron chi connectivity index (χ4n) is 3.32. The van der Waals surface area contributed by atoms with Crippen LogP contribution in [0.4, 0.5) is 5.00 Å². The highest BCUT2D eigenvalue weighted by molar-refractivity contribution is 7.98. The Morgan fingerprint density at radius 3 is 2.56 bits per heavy atom. The van der Waals surface area contributed by atoms with Crippen LogP contribution in [0.15, 0.2) is 29.2 Å². The van der Waals surface area contributed by atoms with E-state index in [0.717, 1.165) is 30.0 Å². The van der Waals surface area contributed by atoms with Crippen LogP contribution in [0.2, 0.25) is 0 Å². The van der Waals surface area contributed by atoms with E-state index < -0.39 is 0 Å². The third kappa shape index (κ3) is 4.20. The Morgan fingerprint density at radius 2 is 1.96 bits per heavy atom. The second kappa shape index (κ2) is 8.46. The van der Waals surface area contributed by atoms with Crippen molar-refractivity contribution in [1.82, 2.24) is 0 Å². The third-order valence-electron chi connectivity index (χ3n) is 4.96. The SMILES string of the molecule is COC(=O)c1c(NC(=O)c2ccc(SC)cc2)sc2c1CC[NH+](C(C)C)C2. The van der Waals surface area contributed by atoms with Crippen molar-refractivity contribution >= 4 is 40.0 Å². The van der Waals surface area contributed by atoms with E-state index in [9.17, 15) is 9.59 Å². The quantitative estimate of drug-likeness (QED) is 0.593. The first-order valence-corrected chi connectivity index (χ1v) is 11.0. The summed E-state index contributed by atoms with van der Waals surface area (Å²) in [6.07, 6.45) is 2.82. The lowest BCUT2D eigenvalue weighted by Crippen LogP contribution is -3.14. The minimum Gasteiger partial charge on any atom is -0.465 e. The topological polar surface area (TPSA) is 59.8 Å². The summed E-state index contributed by atoms with van der Waals surface area (Å²) in [5.74, 6) is -0.590. The van der Waals surface area contributed by atoms with Crippen LogP contribution in [0.3, 0.4) is 0 Å². The van der Waals surface area contributed by atoms with Gasteiger partial charge in [-0.1, -0.05) is 0 Å². The molecule has 2 aromatic rings. The normalized spacial score (nSPS) is 16.1. The van der Waals surface area contributed by atoms with E-state index >= 15 is 0 Å². The molecule has 0 bridgehead atoms. The molecule has 2 N–H and O–H groups in total. The number of fused-ring (bicyclic) bond motifs is 1. The maximum absolute atomic E-state index is 12.7. The maximum atomic E-state index is 12.7. The molecule has 7 heteroatoms. The van der Waals surface area contributed by atoms with Gasteiger partial charge in [0.25, 0.3) is 5.91 Å². The van der Waals surface area contributed by atoms with Gasteiger partial charge in [0.15, 0.2) is 0 Å². The molecule has 1 aromatic carbocycles. The number of carbonyl (C=O) groups is 2. The molecule has 0 fully saturated rings. The highest BCUT2D eigenvalue weighted by Gasteiger charge is 2.32. The lowest BCUT2D eigenvalue weighted by molar-refractivity contribution is -0.936. The minimum atomic E-state index is -0.381. The number of quaternary nitrogens is 1. The van der Waals surface area contributed by atoms with Crippen LogP contribution in [0.25, 0.3) is 0 Å². The lowest BCUT2D eigenvalue weighted by Gasteiger charge is -2.27. The molecular formula is C20H25N2O3S2+. The Kier molecular flexibility index (Phi) is 6.24. The van der Waals surface area contributed by atoms with Gasteiger partial charge in [-0.05, 0) is 49.9 Å². The molecule has 144 valence electrons. The van der Waals surface area contributed by atoms with Gasteiger partial charge in [-0.15, -0.1) is 23.1 Å². The van der Waals surface area contributed by atoms with Gasteiger partial charge in [-0.25, -0.2) is 4.79 Å². The van der Waals surface area contributed by atoms with Crippen molar-refractivity contribution in [3.8, 4) is 0 Å². The number of anilines is 1. The van der Waals surface area contributed by atoms with E-state index in [2.05, 4.69) is 19.2 Å². The summed E-state index contributed by atoms with van der Waals surface area (Å²) in [5.41, 5.74) is 2.13. The Balaban J connectivity index is 1.90. The summed E-state index contributed by atoms with van der Waals surface area (Å²) < 4.78 is 5.00. The molecule has 0 saturated carbocycles. The fraction of sp³-hybridized carbons (Fsp3) is 0.400. The second-order valence-electron chi connectivity index (χ2n) is 6.87. The zero-order valence-corrected chi connectivity index (χ0v) is 17.7. The minimum absolute atomic E-state index is 0.209. The molecule has 0 saturated heterocycles. The van der Waals surface area contributed by atoms with Crippen LogP contribution in [0.1, 0.15) is 45.0 Å². The van der Waals surface area contributed by atoms with E-state index in [4.69, 9.17) is 4.74 Å². The number of hydrogen-bond acceptors (Lipinski definition) is 5. The number of carbonyl (C=O) groups excluding carboxylic acids is 2. The van der Waals surface area contributed by atoms with E-state index in [-0.39, 0.29) is 11.9 Å². The fourth-order valence-corrected chi connectivity index (χ4v) is 5.01. The molecule has 1 aromatic heterocycles. The van der Waals surface area contributed by atoms with E-state index in [1.165, 1.54) is 28.2 Å². The molecule has 5 nitrogen and oxygen atoms in total. The lowest BCUT2D eigenvalue weighted by atomic mass is 10.0. The monoisotopic (exact) mass is 405 g/mol. The van der Waals surface area contributed by atoms with Gasteiger partial charge in [-0.3, -0.25) is 4.79 Å². The van der Waals surface area contributed by atoms with Crippen LogP contribution in [-0.2, 0) is 17.7 Å². The number of benzene rings is 1. The number of hydrogen-bond donors (Lipinski definition) is 2. The standard InChI is InChI=1S/C20H24N2O3S2/c1-12(2)22-10-9-15-16(11-22)27-19(17(15)20(24)25-3)21-18(23)13-5-7-14(26-4)8-6-13/h5-8,12H,9-11H2,1-4H3,(H,21,23)/p+1. The molecule has 0 spiro atoms. The van der Waals surface area contributed by atoms with Crippen molar-refractivity contribution in [2.75, 3.05) is 25.2 Å². The Bertz CT molecular complexity index is 844. The zero-order chi connectivity index (χ0) is 19.6. The van der Waals surface area contributed by atoms with Crippen molar-refractivity contribution in [1.29, 1.82) is 0 Å². The number of amides is 1. The van der Waals surface area contributed by atoms with Gasteiger partial charge >= 0.3 is 5.97 Å². The van der Waals surface area contributed by atoms with Gasteiger partial charge in [0.05, 0.1) is 30.1 Å². The van der Waals surface area contributed by atoms with Crippen molar-refractivity contribution in [3.63, 3.8) is 0 Å². The molecule has 1 aliphatic rings. The summed E-state index contributed by atoms with van der Waals surface area (Å²) in [7, 11) is 1.38. The summed E-state index contributed by atoms with van der Waals surface area (Å²) >= 11 is 3.13. The summed E-state index contributed by atoms with van der Waals surface area (Å²) in [5, 5.41) is 3.54. The summed E-state index contributed by atoms with van der Waals surface area (Å²) in [6.45, 7) is 6.26. The third-order valence-corrected chi connectivity index (χ3v) is 6.85. The average Bonchev–Trinajstić information content (AvgIpc) is 3.04. The molecule has 27 heavy (non-hydrogen) atoms. The van der Waals surface area contributed by atoms with Gasteiger partial charge in [-0.2, -0.15) is 0 Å². The van der Waals surface area contributed by atoms with Gasteiger partial charge in [0, 0.05) is 16.9 Å². The number of rotatable bonds is 5. The predicted molar refractivity (Wildman–Crippen MR) is 110 cm³/mol. The van der Waals surface area contributed by atoms with Crippen LogP contribution < -0.4 is 10.2 Å². The number of thiophene rings is 1. The first-order chi connectivity index (χ1) is 12.9. The smallest absolute Gasteiger partial charge is 0.341 e. The maximum Gasteiger partial charge on any atom is 0.341 e. The number of thioether (sulfide) groups is 1. The van der Waals surface area contributed by atoms with Crippen molar-refractivity contribution in [3.05, 3.63) is 45.8 Å². The van der Waals surface area contributed by atoms with E-state index in [1.54, 1.807) is 23.9 Å². The Labute approximate surface area is 168 Å². The Hall–Kier alpha value is -1.83. The number of ether oxygens (including phenoxy) is 1.